The number of likely N-dealkylation sites (tertiary alicyclic amines) is 1. The van der Waals surface area contributed by atoms with Gasteiger partial charge in [-0.3, -0.25) is 4.90 Å². The Labute approximate surface area is 119 Å². The second-order valence-electron chi connectivity index (χ2n) is 5.09. The van der Waals surface area contributed by atoms with Crippen LogP contribution in [0.15, 0.2) is 28.7 Å². The highest BCUT2D eigenvalue weighted by atomic mass is 79.9. The third kappa shape index (κ3) is 2.95. The summed E-state index contributed by atoms with van der Waals surface area (Å²) in [6, 6.07) is 9.07. The average Bonchev–Trinajstić information content (AvgIpc) is 2.60. The molecular weight excluding hydrogens is 288 g/mol. The minimum atomic E-state index is 0.470. The van der Waals surface area contributed by atoms with Crippen LogP contribution < -0.4 is 5.73 Å². The first-order chi connectivity index (χ1) is 8.77. The molecule has 1 aliphatic heterocycles. The van der Waals surface area contributed by atoms with Crippen molar-refractivity contribution in [3.63, 3.8) is 0 Å². The van der Waals surface area contributed by atoms with Crippen molar-refractivity contribution >= 4 is 15.9 Å². The van der Waals surface area contributed by atoms with Crippen LogP contribution in [0.2, 0.25) is 0 Å². The van der Waals surface area contributed by atoms with Gasteiger partial charge in [0.25, 0.3) is 0 Å². The first kappa shape index (κ1) is 14.0. The maximum atomic E-state index is 6.03. The number of rotatable bonds is 3. The molecule has 3 heteroatoms. The number of hydrogen-bond acceptors (Lipinski definition) is 2. The number of hydrogen-bond donors (Lipinski definition) is 1. The van der Waals surface area contributed by atoms with E-state index in [0.717, 1.165) is 13.1 Å². The smallest absolute Gasteiger partial charge is 0.0399 e. The lowest BCUT2D eigenvalue weighted by Crippen LogP contribution is -2.35. The topological polar surface area (TPSA) is 29.3 Å². The van der Waals surface area contributed by atoms with Crippen molar-refractivity contribution in [1.29, 1.82) is 0 Å². The maximum absolute atomic E-state index is 6.03. The quantitative estimate of drug-likeness (QED) is 0.924. The van der Waals surface area contributed by atoms with Gasteiger partial charge in [0, 0.05) is 10.5 Å². The molecular formula is C15H23BrN2. The minimum absolute atomic E-state index is 0.470. The van der Waals surface area contributed by atoms with E-state index in [0.29, 0.717) is 12.0 Å². The van der Waals surface area contributed by atoms with Crippen LogP contribution in [0.4, 0.5) is 0 Å². The van der Waals surface area contributed by atoms with Gasteiger partial charge >= 0.3 is 0 Å². The van der Waals surface area contributed by atoms with Gasteiger partial charge in [-0.1, -0.05) is 47.5 Å². The van der Waals surface area contributed by atoms with E-state index < -0.39 is 0 Å². The van der Waals surface area contributed by atoms with E-state index >= 15 is 0 Å². The van der Waals surface area contributed by atoms with E-state index in [1.54, 1.807) is 0 Å². The van der Waals surface area contributed by atoms with Crippen LogP contribution in [-0.4, -0.2) is 24.5 Å². The molecule has 2 N–H and O–H groups in total. The van der Waals surface area contributed by atoms with Gasteiger partial charge in [-0.15, -0.1) is 0 Å². The normalized spacial score (nSPS) is 25.9. The predicted octanol–water partition coefficient (Wildman–Crippen LogP) is 3.57. The van der Waals surface area contributed by atoms with Crippen molar-refractivity contribution < 1.29 is 0 Å². The SMILES string of the molecule is CCN1CCCCC(CN)C1c1ccccc1Br. The van der Waals surface area contributed by atoms with E-state index in [1.807, 2.05) is 0 Å². The Kier molecular flexibility index (Phi) is 5.22. The summed E-state index contributed by atoms with van der Waals surface area (Å²) < 4.78 is 1.22. The van der Waals surface area contributed by atoms with Gasteiger partial charge in [0.1, 0.15) is 0 Å². The summed E-state index contributed by atoms with van der Waals surface area (Å²) in [5, 5.41) is 0. The monoisotopic (exact) mass is 310 g/mol. The van der Waals surface area contributed by atoms with Crippen LogP contribution in [0.5, 0.6) is 0 Å². The fourth-order valence-electron chi connectivity index (χ4n) is 3.08. The molecule has 0 aliphatic carbocycles. The molecule has 0 radical (unpaired) electrons. The molecule has 2 rings (SSSR count). The lowest BCUT2D eigenvalue weighted by atomic mass is 9.89. The molecule has 2 nitrogen and oxygen atoms in total. The lowest BCUT2D eigenvalue weighted by Gasteiger charge is -2.35. The molecule has 2 unspecified atom stereocenters. The molecule has 1 heterocycles. The Hall–Kier alpha value is -0.380. The minimum Gasteiger partial charge on any atom is -0.330 e. The number of benzene rings is 1. The fraction of sp³-hybridized carbons (Fsp3) is 0.600. The van der Waals surface area contributed by atoms with Crippen LogP contribution in [0.25, 0.3) is 0 Å². The second kappa shape index (κ2) is 6.69. The molecule has 0 aromatic heterocycles. The Morgan fingerprint density at radius 1 is 1.33 bits per heavy atom. The van der Waals surface area contributed by atoms with E-state index in [-0.39, 0.29) is 0 Å². The Morgan fingerprint density at radius 3 is 2.78 bits per heavy atom. The van der Waals surface area contributed by atoms with Gasteiger partial charge < -0.3 is 5.73 Å². The summed E-state index contributed by atoms with van der Waals surface area (Å²) >= 11 is 3.70. The molecule has 0 spiro atoms. The Balaban J connectivity index is 2.36. The second-order valence-corrected chi connectivity index (χ2v) is 5.94. The molecule has 2 atom stereocenters. The summed E-state index contributed by atoms with van der Waals surface area (Å²) in [7, 11) is 0. The van der Waals surface area contributed by atoms with Crippen molar-refractivity contribution in [2.24, 2.45) is 11.7 Å². The van der Waals surface area contributed by atoms with Crippen LogP contribution in [0.1, 0.15) is 37.8 Å². The molecule has 0 saturated carbocycles. The largest absolute Gasteiger partial charge is 0.330 e. The van der Waals surface area contributed by atoms with E-state index in [9.17, 15) is 0 Å². The summed E-state index contributed by atoms with van der Waals surface area (Å²) in [6.07, 6.45) is 3.85. The molecule has 1 fully saturated rings. The van der Waals surface area contributed by atoms with E-state index in [1.165, 1.54) is 35.8 Å². The molecule has 18 heavy (non-hydrogen) atoms. The summed E-state index contributed by atoms with van der Waals surface area (Å²) in [5.74, 6) is 0.575. The molecule has 1 aromatic rings. The van der Waals surface area contributed by atoms with Crippen LogP contribution in [0, 0.1) is 5.92 Å². The lowest BCUT2D eigenvalue weighted by molar-refractivity contribution is 0.166. The van der Waals surface area contributed by atoms with Gasteiger partial charge in [-0.2, -0.15) is 0 Å². The molecule has 0 amide bonds. The van der Waals surface area contributed by atoms with Crippen molar-refractivity contribution in [3.05, 3.63) is 34.3 Å². The van der Waals surface area contributed by atoms with Gasteiger partial charge in [0.2, 0.25) is 0 Å². The van der Waals surface area contributed by atoms with Crippen LogP contribution in [0.3, 0.4) is 0 Å². The predicted molar refractivity (Wildman–Crippen MR) is 80.5 cm³/mol. The zero-order valence-corrected chi connectivity index (χ0v) is 12.7. The zero-order valence-electron chi connectivity index (χ0n) is 11.1. The van der Waals surface area contributed by atoms with Crippen molar-refractivity contribution in [1.82, 2.24) is 4.90 Å². The molecule has 1 aromatic carbocycles. The zero-order chi connectivity index (χ0) is 13.0. The highest BCUT2D eigenvalue weighted by molar-refractivity contribution is 9.10. The Morgan fingerprint density at radius 2 is 2.11 bits per heavy atom. The first-order valence-corrected chi connectivity index (χ1v) is 7.75. The summed E-state index contributed by atoms with van der Waals surface area (Å²) in [5.41, 5.74) is 7.43. The average molecular weight is 311 g/mol. The fourth-order valence-corrected chi connectivity index (χ4v) is 3.60. The highest BCUT2D eigenvalue weighted by Gasteiger charge is 2.30. The van der Waals surface area contributed by atoms with E-state index in [4.69, 9.17) is 5.73 Å². The van der Waals surface area contributed by atoms with Gasteiger partial charge in [0.15, 0.2) is 0 Å². The van der Waals surface area contributed by atoms with Crippen LogP contribution in [-0.2, 0) is 0 Å². The van der Waals surface area contributed by atoms with Gasteiger partial charge in [0.05, 0.1) is 0 Å². The molecule has 1 saturated heterocycles. The molecule has 100 valence electrons. The van der Waals surface area contributed by atoms with E-state index in [2.05, 4.69) is 52.0 Å². The summed E-state index contributed by atoms with van der Waals surface area (Å²) in [4.78, 5) is 2.59. The van der Waals surface area contributed by atoms with Crippen molar-refractivity contribution in [3.8, 4) is 0 Å². The number of nitrogens with zero attached hydrogens (tertiary/aromatic N) is 1. The standard InChI is InChI=1S/C15H23BrN2/c1-2-18-10-6-5-7-12(11-17)15(18)13-8-3-4-9-14(13)16/h3-4,8-9,12,15H,2,5-7,10-11,17H2,1H3. The highest BCUT2D eigenvalue weighted by Crippen LogP contribution is 2.37. The van der Waals surface area contributed by atoms with Crippen molar-refractivity contribution in [2.45, 2.75) is 32.2 Å². The molecule has 0 bridgehead atoms. The number of nitrogens with two attached hydrogens (primary N) is 1. The third-order valence-electron chi connectivity index (χ3n) is 4.04. The molecule has 1 aliphatic rings. The number of halogens is 1. The van der Waals surface area contributed by atoms with Crippen molar-refractivity contribution in [2.75, 3.05) is 19.6 Å². The van der Waals surface area contributed by atoms with Gasteiger partial charge in [-0.25, -0.2) is 0 Å². The van der Waals surface area contributed by atoms with Crippen LogP contribution >= 0.6 is 15.9 Å². The van der Waals surface area contributed by atoms with Gasteiger partial charge in [-0.05, 0) is 50.0 Å². The maximum Gasteiger partial charge on any atom is 0.0399 e. The first-order valence-electron chi connectivity index (χ1n) is 6.96. The summed E-state index contributed by atoms with van der Waals surface area (Å²) in [6.45, 7) is 5.33. The third-order valence-corrected chi connectivity index (χ3v) is 4.77. The Bertz CT molecular complexity index is 367.